The van der Waals surface area contributed by atoms with Crippen molar-refractivity contribution in [2.24, 2.45) is 0 Å². The smallest absolute Gasteiger partial charge is 0.168 e. The van der Waals surface area contributed by atoms with E-state index in [-0.39, 0.29) is 0 Å². The van der Waals surface area contributed by atoms with Gasteiger partial charge < -0.3 is 10.6 Å². The SMILES string of the molecule is CCc1cc(-c2ccc(-c3cc(N)n[nH]3)cc2)ccc1OOC. The quantitative estimate of drug-likeness (QED) is 0.555. The highest BCUT2D eigenvalue weighted by atomic mass is 17.2. The second kappa shape index (κ2) is 6.54. The number of anilines is 1. The third-order valence-electron chi connectivity index (χ3n) is 3.74. The molecule has 23 heavy (non-hydrogen) atoms. The summed E-state index contributed by atoms with van der Waals surface area (Å²) in [5, 5.41) is 6.87. The Morgan fingerprint density at radius 3 is 2.30 bits per heavy atom. The maximum absolute atomic E-state index is 5.64. The molecule has 3 aromatic rings. The van der Waals surface area contributed by atoms with Crippen molar-refractivity contribution in [3.8, 4) is 28.1 Å². The number of aromatic nitrogens is 2. The highest BCUT2D eigenvalue weighted by Gasteiger charge is 2.07. The zero-order valence-corrected chi connectivity index (χ0v) is 13.2. The van der Waals surface area contributed by atoms with Gasteiger partial charge in [-0.25, -0.2) is 0 Å². The number of nitrogens with one attached hydrogen (secondary N) is 1. The third kappa shape index (κ3) is 3.19. The van der Waals surface area contributed by atoms with Crippen molar-refractivity contribution < 1.29 is 9.78 Å². The molecule has 5 nitrogen and oxygen atoms in total. The van der Waals surface area contributed by atoms with Gasteiger partial charge in [-0.05, 0) is 40.8 Å². The van der Waals surface area contributed by atoms with Crippen LogP contribution in [0.1, 0.15) is 12.5 Å². The first kappa shape index (κ1) is 15.1. The Balaban J connectivity index is 1.90. The van der Waals surface area contributed by atoms with Gasteiger partial charge in [0, 0.05) is 6.07 Å². The van der Waals surface area contributed by atoms with Gasteiger partial charge in [-0.1, -0.05) is 37.3 Å². The van der Waals surface area contributed by atoms with Gasteiger partial charge in [0.2, 0.25) is 0 Å². The summed E-state index contributed by atoms with van der Waals surface area (Å²) in [5.74, 6) is 1.24. The van der Waals surface area contributed by atoms with E-state index in [1.165, 1.54) is 7.11 Å². The van der Waals surface area contributed by atoms with Crippen LogP contribution in [0.25, 0.3) is 22.4 Å². The molecule has 0 aliphatic carbocycles. The molecule has 0 atom stereocenters. The van der Waals surface area contributed by atoms with Gasteiger partial charge in [-0.15, -0.1) is 0 Å². The average Bonchev–Trinajstić information content (AvgIpc) is 3.02. The van der Waals surface area contributed by atoms with Gasteiger partial charge >= 0.3 is 0 Å². The summed E-state index contributed by atoms with van der Waals surface area (Å²) in [6.45, 7) is 2.09. The first-order valence-corrected chi connectivity index (χ1v) is 7.46. The average molecular weight is 309 g/mol. The number of nitrogens with zero attached hydrogens (tertiary/aromatic N) is 1. The van der Waals surface area contributed by atoms with Crippen molar-refractivity contribution >= 4 is 5.82 Å². The van der Waals surface area contributed by atoms with Crippen LogP contribution in [0.5, 0.6) is 5.75 Å². The van der Waals surface area contributed by atoms with E-state index in [0.29, 0.717) is 5.82 Å². The minimum absolute atomic E-state index is 0.491. The lowest BCUT2D eigenvalue weighted by molar-refractivity contribution is -0.178. The summed E-state index contributed by atoms with van der Waals surface area (Å²) in [6, 6.07) is 16.2. The molecule has 1 aromatic heterocycles. The lowest BCUT2D eigenvalue weighted by Gasteiger charge is -2.10. The molecule has 0 saturated carbocycles. The van der Waals surface area contributed by atoms with E-state index >= 15 is 0 Å². The van der Waals surface area contributed by atoms with Crippen LogP contribution in [0.4, 0.5) is 5.82 Å². The first-order chi connectivity index (χ1) is 11.2. The lowest BCUT2D eigenvalue weighted by atomic mass is 9.99. The maximum Gasteiger partial charge on any atom is 0.168 e. The molecule has 5 heteroatoms. The summed E-state index contributed by atoms with van der Waals surface area (Å²) in [6.07, 6.45) is 0.873. The van der Waals surface area contributed by atoms with Crippen molar-refractivity contribution in [1.29, 1.82) is 0 Å². The molecule has 2 aromatic carbocycles. The predicted octanol–water partition coefficient (Wildman–Crippen LogP) is 3.83. The summed E-state index contributed by atoms with van der Waals surface area (Å²) >= 11 is 0. The van der Waals surface area contributed by atoms with Gasteiger partial charge in [0.1, 0.15) is 5.82 Å². The Bertz CT molecular complexity index is 794. The fourth-order valence-electron chi connectivity index (χ4n) is 2.53. The molecule has 3 N–H and O–H groups in total. The van der Waals surface area contributed by atoms with E-state index in [4.69, 9.17) is 15.5 Å². The molecule has 0 saturated heterocycles. The number of nitrogen functional groups attached to an aromatic ring is 1. The Labute approximate surface area is 135 Å². The van der Waals surface area contributed by atoms with Gasteiger partial charge in [0.25, 0.3) is 0 Å². The van der Waals surface area contributed by atoms with Crippen LogP contribution in [0.3, 0.4) is 0 Å². The highest BCUT2D eigenvalue weighted by molar-refractivity contribution is 5.70. The molecule has 0 fully saturated rings. The second-order valence-electron chi connectivity index (χ2n) is 5.21. The zero-order valence-electron chi connectivity index (χ0n) is 13.2. The Hall–Kier alpha value is -2.79. The number of H-pyrrole nitrogens is 1. The fraction of sp³-hybridized carbons (Fsp3) is 0.167. The number of benzene rings is 2. The molecule has 0 unspecified atom stereocenters. The summed E-state index contributed by atoms with van der Waals surface area (Å²) in [4.78, 5) is 9.94. The summed E-state index contributed by atoms with van der Waals surface area (Å²) in [5.41, 5.74) is 11.0. The largest absolute Gasteiger partial charge is 0.382 e. The molecular weight excluding hydrogens is 290 g/mol. The van der Waals surface area contributed by atoms with Gasteiger partial charge in [0.15, 0.2) is 5.75 Å². The molecule has 0 radical (unpaired) electrons. The monoisotopic (exact) mass is 309 g/mol. The molecular formula is C18H19N3O2. The fourth-order valence-corrected chi connectivity index (χ4v) is 2.53. The van der Waals surface area contributed by atoms with Crippen molar-refractivity contribution in [2.75, 3.05) is 12.8 Å². The van der Waals surface area contributed by atoms with Crippen LogP contribution in [0, 0.1) is 0 Å². The molecule has 0 bridgehead atoms. The molecule has 118 valence electrons. The summed E-state index contributed by atoms with van der Waals surface area (Å²) in [7, 11) is 1.51. The van der Waals surface area contributed by atoms with Crippen LogP contribution in [-0.4, -0.2) is 17.3 Å². The van der Waals surface area contributed by atoms with E-state index in [9.17, 15) is 0 Å². The van der Waals surface area contributed by atoms with Crippen molar-refractivity contribution in [3.63, 3.8) is 0 Å². The van der Waals surface area contributed by atoms with E-state index in [2.05, 4.69) is 35.3 Å². The number of nitrogens with two attached hydrogens (primary N) is 1. The van der Waals surface area contributed by atoms with Crippen molar-refractivity contribution in [3.05, 3.63) is 54.1 Å². The summed E-state index contributed by atoms with van der Waals surface area (Å²) < 4.78 is 0. The zero-order chi connectivity index (χ0) is 16.2. The topological polar surface area (TPSA) is 73.2 Å². The van der Waals surface area contributed by atoms with E-state index in [0.717, 1.165) is 40.1 Å². The molecule has 0 spiro atoms. The van der Waals surface area contributed by atoms with Crippen molar-refractivity contribution in [2.45, 2.75) is 13.3 Å². The molecule has 0 aliphatic rings. The van der Waals surface area contributed by atoms with E-state index < -0.39 is 0 Å². The van der Waals surface area contributed by atoms with Gasteiger partial charge in [-0.3, -0.25) is 5.10 Å². The predicted molar refractivity (Wildman–Crippen MR) is 90.9 cm³/mol. The first-order valence-electron chi connectivity index (χ1n) is 7.46. The molecule has 1 heterocycles. The minimum Gasteiger partial charge on any atom is -0.382 e. The molecule has 0 aliphatic heterocycles. The molecule has 3 rings (SSSR count). The van der Waals surface area contributed by atoms with Crippen LogP contribution in [-0.2, 0) is 11.3 Å². The minimum atomic E-state index is 0.491. The van der Waals surface area contributed by atoms with Crippen molar-refractivity contribution in [1.82, 2.24) is 10.2 Å². The Kier molecular flexibility index (Phi) is 4.30. The van der Waals surface area contributed by atoms with Gasteiger partial charge in [-0.2, -0.15) is 9.99 Å². The third-order valence-corrected chi connectivity index (χ3v) is 3.74. The number of rotatable bonds is 5. The Morgan fingerprint density at radius 2 is 1.70 bits per heavy atom. The lowest BCUT2D eigenvalue weighted by Crippen LogP contribution is -1.95. The number of aryl methyl sites for hydroxylation is 1. The second-order valence-corrected chi connectivity index (χ2v) is 5.21. The molecule has 0 amide bonds. The number of hydrogen-bond acceptors (Lipinski definition) is 4. The number of hydrogen-bond donors (Lipinski definition) is 2. The van der Waals surface area contributed by atoms with Gasteiger partial charge in [0.05, 0.1) is 12.8 Å². The van der Waals surface area contributed by atoms with Crippen LogP contribution < -0.4 is 10.6 Å². The van der Waals surface area contributed by atoms with E-state index in [1.54, 1.807) is 0 Å². The van der Waals surface area contributed by atoms with Crippen LogP contribution >= 0.6 is 0 Å². The van der Waals surface area contributed by atoms with E-state index in [1.807, 2.05) is 30.3 Å². The van der Waals surface area contributed by atoms with Crippen LogP contribution in [0.2, 0.25) is 0 Å². The maximum atomic E-state index is 5.64. The van der Waals surface area contributed by atoms with Crippen LogP contribution in [0.15, 0.2) is 48.5 Å². The Morgan fingerprint density at radius 1 is 1.00 bits per heavy atom. The normalized spacial score (nSPS) is 10.7. The number of aromatic amines is 1. The standard InChI is InChI=1S/C18H19N3O2/c1-3-12-10-15(8-9-17(12)23-22-2)13-4-6-14(7-5-13)16-11-18(19)21-20-16/h4-11H,3H2,1-2H3,(H3,19,20,21). The highest BCUT2D eigenvalue weighted by Crippen LogP contribution is 2.29.